The Morgan fingerprint density at radius 3 is 2.74 bits per heavy atom. The first-order valence-electron chi connectivity index (χ1n) is 8.56. The molecule has 3 aromatic rings. The summed E-state index contributed by atoms with van der Waals surface area (Å²) in [6.45, 7) is 1.97. The number of para-hydroxylation sites is 1. The van der Waals surface area contributed by atoms with Gasteiger partial charge in [-0.15, -0.1) is 0 Å². The number of fused-ring (bicyclic) bond motifs is 2. The fourth-order valence-corrected chi connectivity index (χ4v) is 3.46. The van der Waals surface area contributed by atoms with E-state index in [0.717, 1.165) is 10.9 Å². The maximum Gasteiger partial charge on any atom is 0.325 e. The van der Waals surface area contributed by atoms with Crippen LogP contribution in [0.5, 0.6) is 11.5 Å². The molecule has 136 valence electrons. The average Bonchev–Trinajstić information content (AvgIpc) is 3.35. The zero-order valence-corrected chi connectivity index (χ0v) is 14.5. The van der Waals surface area contributed by atoms with Crippen LogP contribution in [0.3, 0.4) is 0 Å². The highest BCUT2D eigenvalue weighted by atomic mass is 16.7. The summed E-state index contributed by atoms with van der Waals surface area (Å²) < 4.78 is 16.5. The first kappa shape index (κ1) is 15.7. The number of rotatable bonds is 3. The van der Waals surface area contributed by atoms with Crippen LogP contribution in [0.15, 0.2) is 52.9 Å². The Balaban J connectivity index is 1.45. The topological polar surface area (TPSA) is 81.0 Å². The molecule has 2 aliphatic rings. The summed E-state index contributed by atoms with van der Waals surface area (Å²) in [5.41, 5.74) is 0.202. The van der Waals surface area contributed by atoms with Crippen molar-refractivity contribution in [3.63, 3.8) is 0 Å². The van der Waals surface area contributed by atoms with Gasteiger partial charge in [-0.1, -0.05) is 24.3 Å². The third-order valence-electron chi connectivity index (χ3n) is 4.97. The molecule has 1 atom stereocenters. The van der Waals surface area contributed by atoms with Crippen LogP contribution in [0.1, 0.15) is 18.2 Å². The zero-order chi connectivity index (χ0) is 18.6. The van der Waals surface area contributed by atoms with Crippen LogP contribution in [-0.4, -0.2) is 23.6 Å². The second-order valence-electron chi connectivity index (χ2n) is 6.78. The zero-order valence-electron chi connectivity index (χ0n) is 14.5. The summed E-state index contributed by atoms with van der Waals surface area (Å²) in [6, 6.07) is 14.2. The van der Waals surface area contributed by atoms with Gasteiger partial charge in [0.1, 0.15) is 11.3 Å². The average molecular weight is 364 g/mol. The molecule has 7 nitrogen and oxygen atoms in total. The van der Waals surface area contributed by atoms with Gasteiger partial charge in [0.15, 0.2) is 17.0 Å². The van der Waals surface area contributed by atoms with Crippen LogP contribution in [0, 0.1) is 0 Å². The van der Waals surface area contributed by atoms with Gasteiger partial charge in [0, 0.05) is 5.39 Å². The predicted octanol–water partition coefficient (Wildman–Crippen LogP) is 3.13. The number of nitrogens with one attached hydrogen (secondary N) is 1. The highest BCUT2D eigenvalue weighted by Crippen LogP contribution is 2.36. The normalized spacial score (nSPS) is 21.1. The number of urea groups is 1. The number of ether oxygens (including phenoxy) is 2. The van der Waals surface area contributed by atoms with Gasteiger partial charge < -0.3 is 19.2 Å². The monoisotopic (exact) mass is 364 g/mol. The van der Waals surface area contributed by atoms with Crippen LogP contribution < -0.4 is 14.8 Å². The van der Waals surface area contributed by atoms with Gasteiger partial charge in [0.2, 0.25) is 6.79 Å². The van der Waals surface area contributed by atoms with E-state index in [2.05, 4.69) is 5.32 Å². The van der Waals surface area contributed by atoms with E-state index < -0.39 is 11.6 Å². The molecular formula is C20H16N2O5. The lowest BCUT2D eigenvalue weighted by Gasteiger charge is -2.19. The largest absolute Gasteiger partial charge is 0.458 e. The van der Waals surface area contributed by atoms with E-state index in [1.807, 2.05) is 30.3 Å². The Bertz CT molecular complexity index is 1060. The highest BCUT2D eigenvalue weighted by Gasteiger charge is 2.51. The quantitative estimate of drug-likeness (QED) is 0.722. The number of hydrogen-bond donors (Lipinski definition) is 1. The maximum atomic E-state index is 13.1. The first-order valence-corrected chi connectivity index (χ1v) is 8.56. The molecule has 1 fully saturated rings. The van der Waals surface area contributed by atoms with Crippen molar-refractivity contribution < 1.29 is 23.5 Å². The molecule has 1 saturated heterocycles. The van der Waals surface area contributed by atoms with E-state index in [4.69, 9.17) is 13.9 Å². The molecule has 0 unspecified atom stereocenters. The van der Waals surface area contributed by atoms with Crippen molar-refractivity contribution in [2.75, 3.05) is 6.79 Å². The molecule has 3 heterocycles. The number of imide groups is 1. The number of carbonyl (C=O) groups is 2. The van der Waals surface area contributed by atoms with Crippen molar-refractivity contribution >= 4 is 22.9 Å². The van der Waals surface area contributed by atoms with Crippen molar-refractivity contribution in [3.05, 3.63) is 59.9 Å². The minimum atomic E-state index is -1.24. The Kier molecular flexibility index (Phi) is 3.21. The number of benzene rings is 2. The summed E-state index contributed by atoms with van der Waals surface area (Å²) in [7, 11) is 0. The van der Waals surface area contributed by atoms with E-state index in [-0.39, 0.29) is 19.2 Å². The number of carbonyl (C=O) groups excluding carboxylic acids is 2. The molecule has 2 aromatic carbocycles. The van der Waals surface area contributed by atoms with Crippen LogP contribution in [0.4, 0.5) is 4.79 Å². The fourth-order valence-electron chi connectivity index (χ4n) is 3.46. The number of hydrogen-bond acceptors (Lipinski definition) is 5. The fraction of sp³-hybridized carbons (Fsp3) is 0.200. The molecule has 0 aliphatic carbocycles. The second-order valence-corrected chi connectivity index (χ2v) is 6.78. The molecule has 3 amide bonds. The third-order valence-corrected chi connectivity index (χ3v) is 4.97. The summed E-state index contributed by atoms with van der Waals surface area (Å²) in [6.07, 6.45) is 0. The smallest absolute Gasteiger partial charge is 0.325 e. The van der Waals surface area contributed by atoms with Gasteiger partial charge >= 0.3 is 6.03 Å². The van der Waals surface area contributed by atoms with Crippen molar-refractivity contribution in [3.8, 4) is 11.5 Å². The Morgan fingerprint density at radius 1 is 1.07 bits per heavy atom. The molecule has 0 spiro atoms. The molecule has 1 aromatic heterocycles. The Labute approximate surface area is 154 Å². The van der Waals surface area contributed by atoms with E-state index >= 15 is 0 Å². The standard InChI is InChI=1S/C20H16N2O5/c1-20(17-9-13-4-2-3-5-14(13)27-17)18(23)22(19(24)21-20)10-12-6-7-15-16(8-12)26-11-25-15/h2-9H,10-11H2,1H3,(H,21,24)/t20-/m0/s1. The molecular weight excluding hydrogens is 348 g/mol. The van der Waals surface area contributed by atoms with Crippen molar-refractivity contribution in [1.29, 1.82) is 0 Å². The molecule has 5 rings (SSSR count). The van der Waals surface area contributed by atoms with E-state index in [0.29, 0.717) is 22.8 Å². The van der Waals surface area contributed by atoms with Gasteiger partial charge in [0.25, 0.3) is 5.91 Å². The second kappa shape index (κ2) is 5.51. The molecule has 0 radical (unpaired) electrons. The predicted molar refractivity (Wildman–Crippen MR) is 95.2 cm³/mol. The number of amides is 3. The molecule has 0 bridgehead atoms. The SMILES string of the molecule is C[C@@]1(c2cc3ccccc3o2)NC(=O)N(Cc2ccc3c(c2)OCO3)C1=O. The highest BCUT2D eigenvalue weighted by molar-refractivity contribution is 6.07. The van der Waals surface area contributed by atoms with E-state index in [1.54, 1.807) is 25.1 Å². The van der Waals surface area contributed by atoms with E-state index in [1.165, 1.54) is 4.90 Å². The molecule has 27 heavy (non-hydrogen) atoms. The molecule has 7 heteroatoms. The minimum absolute atomic E-state index is 0.136. The number of furan rings is 1. The third kappa shape index (κ3) is 2.35. The summed E-state index contributed by atoms with van der Waals surface area (Å²) in [5.74, 6) is 1.32. The Hall–Kier alpha value is -3.48. The van der Waals surface area contributed by atoms with E-state index in [9.17, 15) is 9.59 Å². The first-order chi connectivity index (χ1) is 13.0. The summed E-state index contributed by atoms with van der Waals surface area (Å²) in [4.78, 5) is 26.8. The lowest BCUT2D eigenvalue weighted by Crippen LogP contribution is -2.40. The van der Waals surface area contributed by atoms with Gasteiger partial charge in [0.05, 0.1) is 6.54 Å². The van der Waals surface area contributed by atoms with Crippen molar-refractivity contribution in [2.24, 2.45) is 0 Å². The summed E-state index contributed by atoms with van der Waals surface area (Å²) >= 11 is 0. The van der Waals surface area contributed by atoms with Crippen LogP contribution in [-0.2, 0) is 16.9 Å². The Morgan fingerprint density at radius 2 is 1.89 bits per heavy atom. The van der Waals surface area contributed by atoms with Crippen LogP contribution >= 0.6 is 0 Å². The molecule has 1 N–H and O–H groups in total. The van der Waals surface area contributed by atoms with Crippen molar-refractivity contribution in [1.82, 2.24) is 10.2 Å². The lowest BCUT2D eigenvalue weighted by molar-refractivity contribution is -0.132. The minimum Gasteiger partial charge on any atom is -0.458 e. The van der Waals surface area contributed by atoms with Crippen LogP contribution in [0.2, 0.25) is 0 Å². The van der Waals surface area contributed by atoms with Gasteiger partial charge in [-0.3, -0.25) is 9.69 Å². The van der Waals surface area contributed by atoms with Gasteiger partial charge in [-0.2, -0.15) is 0 Å². The number of nitrogens with zero attached hydrogens (tertiary/aromatic N) is 1. The van der Waals surface area contributed by atoms with Gasteiger partial charge in [-0.25, -0.2) is 4.79 Å². The lowest BCUT2D eigenvalue weighted by atomic mass is 9.98. The maximum absolute atomic E-state index is 13.1. The van der Waals surface area contributed by atoms with Crippen molar-refractivity contribution in [2.45, 2.75) is 19.0 Å². The molecule has 0 saturated carbocycles. The van der Waals surface area contributed by atoms with Gasteiger partial charge in [-0.05, 0) is 36.8 Å². The molecule has 2 aliphatic heterocycles. The summed E-state index contributed by atoms with van der Waals surface area (Å²) in [5, 5.41) is 3.65. The van der Waals surface area contributed by atoms with Crippen LogP contribution in [0.25, 0.3) is 11.0 Å².